The van der Waals surface area contributed by atoms with Crippen molar-refractivity contribution in [3.8, 4) is 5.75 Å². The van der Waals surface area contributed by atoms with Crippen LogP contribution in [0.4, 0.5) is 5.69 Å². The van der Waals surface area contributed by atoms with Crippen LogP contribution in [0.2, 0.25) is 5.02 Å². The number of hydrogen-bond donors (Lipinski definition) is 3. The van der Waals surface area contributed by atoms with Gasteiger partial charge in [-0.3, -0.25) is 24.6 Å². The lowest BCUT2D eigenvalue weighted by Gasteiger charge is -2.31. The first-order valence-electron chi connectivity index (χ1n) is 10.8. The zero-order valence-corrected chi connectivity index (χ0v) is 18.5. The Balaban J connectivity index is 1.64. The summed E-state index contributed by atoms with van der Waals surface area (Å²) in [6.45, 7) is 3.78. The number of fused-ring (bicyclic) bond motifs is 4. The maximum atomic E-state index is 13.7. The average Bonchev–Trinajstić information content (AvgIpc) is 3.34. The van der Waals surface area contributed by atoms with Crippen LogP contribution < -0.4 is 10.6 Å². The van der Waals surface area contributed by atoms with Crippen molar-refractivity contribution in [2.24, 2.45) is 11.8 Å². The molecular formula is C24H24ClN3O4. The summed E-state index contributed by atoms with van der Waals surface area (Å²) in [4.78, 5) is 42.0. The zero-order chi connectivity index (χ0) is 22.8. The van der Waals surface area contributed by atoms with E-state index >= 15 is 0 Å². The third-order valence-corrected chi connectivity index (χ3v) is 7.37. The molecule has 0 bridgehead atoms. The van der Waals surface area contributed by atoms with Gasteiger partial charge in [0, 0.05) is 28.4 Å². The number of rotatable bonds is 4. The van der Waals surface area contributed by atoms with E-state index in [0.717, 1.165) is 5.56 Å². The number of benzene rings is 2. The number of anilines is 1. The van der Waals surface area contributed by atoms with Gasteiger partial charge in [0.2, 0.25) is 17.7 Å². The van der Waals surface area contributed by atoms with Gasteiger partial charge >= 0.3 is 0 Å². The van der Waals surface area contributed by atoms with E-state index in [0.29, 0.717) is 29.1 Å². The monoisotopic (exact) mass is 453 g/mol. The Morgan fingerprint density at radius 2 is 1.84 bits per heavy atom. The number of nitrogens with one attached hydrogen (secondary N) is 2. The molecule has 166 valence electrons. The third-order valence-electron chi connectivity index (χ3n) is 7.13. The van der Waals surface area contributed by atoms with Crippen LogP contribution >= 0.6 is 11.6 Å². The van der Waals surface area contributed by atoms with Crippen molar-refractivity contribution in [2.75, 3.05) is 5.32 Å². The number of nitrogens with zero attached hydrogens (tertiary/aromatic N) is 1. The minimum absolute atomic E-state index is 0.149. The number of halogens is 1. The first-order chi connectivity index (χ1) is 15.3. The van der Waals surface area contributed by atoms with E-state index in [1.54, 1.807) is 42.5 Å². The highest BCUT2D eigenvalue weighted by Gasteiger charge is 2.70. The van der Waals surface area contributed by atoms with Crippen LogP contribution in [0, 0.1) is 11.8 Å². The number of carbonyl (C=O) groups is 3. The molecule has 3 amide bonds. The summed E-state index contributed by atoms with van der Waals surface area (Å²) in [5, 5.41) is 16.4. The molecule has 2 aromatic rings. The number of likely N-dealkylation sites (tertiary alicyclic amines) is 1. The van der Waals surface area contributed by atoms with Gasteiger partial charge in [-0.05, 0) is 55.7 Å². The number of phenols is 1. The molecule has 2 saturated heterocycles. The normalized spacial score (nSPS) is 29.4. The molecule has 2 aromatic carbocycles. The summed E-state index contributed by atoms with van der Waals surface area (Å²) in [6, 6.07) is 11.2. The van der Waals surface area contributed by atoms with Crippen LogP contribution in [0.15, 0.2) is 42.5 Å². The highest BCUT2D eigenvalue weighted by Crippen LogP contribution is 2.54. The van der Waals surface area contributed by atoms with Crippen molar-refractivity contribution in [2.45, 2.75) is 44.3 Å². The Hall–Kier alpha value is -2.90. The van der Waals surface area contributed by atoms with Crippen molar-refractivity contribution in [1.29, 1.82) is 0 Å². The lowest BCUT2D eigenvalue weighted by atomic mass is 9.76. The molecule has 8 heteroatoms. The lowest BCUT2D eigenvalue weighted by molar-refractivity contribution is -0.145. The SMILES string of the molecule is CC[C@H](C)N1C(=O)[C@H]2[C@@H](C1=O)[C@]1(N[C@@H]2Cc2ccc(O)cc2)C(=O)Nc2ccc(Cl)cc21. The first kappa shape index (κ1) is 21.0. The largest absolute Gasteiger partial charge is 0.508 e. The molecule has 3 aliphatic heterocycles. The topological polar surface area (TPSA) is 98.7 Å². The van der Waals surface area contributed by atoms with Crippen LogP contribution in [-0.2, 0) is 26.3 Å². The molecule has 0 aliphatic carbocycles. The minimum Gasteiger partial charge on any atom is -0.508 e. The summed E-state index contributed by atoms with van der Waals surface area (Å²) in [5.74, 6) is -2.29. The molecule has 2 fully saturated rings. The number of hydrogen-bond acceptors (Lipinski definition) is 5. The zero-order valence-electron chi connectivity index (χ0n) is 17.8. The van der Waals surface area contributed by atoms with Crippen LogP contribution in [0.25, 0.3) is 0 Å². The summed E-state index contributed by atoms with van der Waals surface area (Å²) < 4.78 is 0. The highest BCUT2D eigenvalue weighted by atomic mass is 35.5. The molecule has 1 spiro atoms. The average molecular weight is 454 g/mol. The fraction of sp³-hybridized carbons (Fsp3) is 0.375. The van der Waals surface area contributed by atoms with Crippen LogP contribution in [0.5, 0.6) is 5.75 Å². The van der Waals surface area contributed by atoms with Crippen molar-refractivity contribution < 1.29 is 19.5 Å². The molecule has 0 saturated carbocycles. The summed E-state index contributed by atoms with van der Waals surface area (Å²) in [5.41, 5.74) is 0.730. The van der Waals surface area contributed by atoms with E-state index in [1.807, 2.05) is 13.8 Å². The van der Waals surface area contributed by atoms with Gasteiger partial charge in [0.15, 0.2) is 0 Å². The number of aromatic hydroxyl groups is 1. The Morgan fingerprint density at radius 3 is 2.53 bits per heavy atom. The maximum absolute atomic E-state index is 13.7. The number of phenolic OH excluding ortho intramolecular Hbond substituents is 1. The molecule has 7 nitrogen and oxygen atoms in total. The van der Waals surface area contributed by atoms with E-state index in [2.05, 4.69) is 10.6 Å². The number of imide groups is 1. The fourth-order valence-corrected chi connectivity index (χ4v) is 5.65. The molecule has 32 heavy (non-hydrogen) atoms. The van der Waals surface area contributed by atoms with Gasteiger partial charge in [-0.15, -0.1) is 0 Å². The maximum Gasteiger partial charge on any atom is 0.250 e. The predicted octanol–water partition coefficient (Wildman–Crippen LogP) is 2.81. The number of carbonyl (C=O) groups excluding carboxylic acids is 3. The van der Waals surface area contributed by atoms with Gasteiger partial charge in [-0.2, -0.15) is 0 Å². The second-order valence-corrected chi connectivity index (χ2v) is 9.32. The molecule has 3 heterocycles. The summed E-state index contributed by atoms with van der Waals surface area (Å²) in [7, 11) is 0. The molecule has 0 aromatic heterocycles. The van der Waals surface area contributed by atoms with Crippen molar-refractivity contribution >= 4 is 35.0 Å². The summed E-state index contributed by atoms with van der Waals surface area (Å²) in [6.07, 6.45) is 1.06. The highest BCUT2D eigenvalue weighted by molar-refractivity contribution is 6.31. The van der Waals surface area contributed by atoms with Crippen molar-refractivity contribution in [3.05, 3.63) is 58.6 Å². The quantitative estimate of drug-likeness (QED) is 0.618. The molecule has 0 unspecified atom stereocenters. The Morgan fingerprint density at radius 1 is 1.12 bits per heavy atom. The first-order valence-corrected chi connectivity index (χ1v) is 11.2. The molecule has 0 radical (unpaired) electrons. The lowest BCUT2D eigenvalue weighted by Crippen LogP contribution is -2.54. The summed E-state index contributed by atoms with van der Waals surface area (Å²) >= 11 is 6.27. The minimum atomic E-state index is -1.36. The van der Waals surface area contributed by atoms with Gasteiger partial charge in [-0.25, -0.2) is 0 Å². The second kappa shape index (κ2) is 7.32. The Kier molecular flexibility index (Phi) is 4.80. The van der Waals surface area contributed by atoms with E-state index in [9.17, 15) is 19.5 Å². The number of amides is 3. The van der Waals surface area contributed by atoms with E-state index < -0.39 is 23.4 Å². The molecular weight excluding hydrogens is 430 g/mol. The van der Waals surface area contributed by atoms with Crippen molar-refractivity contribution in [3.63, 3.8) is 0 Å². The van der Waals surface area contributed by atoms with Gasteiger partial charge in [0.05, 0.1) is 11.8 Å². The predicted molar refractivity (Wildman–Crippen MR) is 119 cm³/mol. The van der Waals surface area contributed by atoms with E-state index in [4.69, 9.17) is 11.6 Å². The van der Waals surface area contributed by atoms with Gasteiger partial charge in [0.1, 0.15) is 11.3 Å². The van der Waals surface area contributed by atoms with Gasteiger partial charge in [0.25, 0.3) is 0 Å². The molecule has 3 aliphatic rings. The molecule has 5 rings (SSSR count). The molecule has 3 N–H and O–H groups in total. The Bertz CT molecular complexity index is 1130. The fourth-order valence-electron chi connectivity index (χ4n) is 5.47. The standard InChI is InChI=1S/C24H24ClN3O4/c1-3-12(2)28-21(30)19-18(10-13-4-7-15(29)8-5-13)27-24(20(19)22(28)31)16-11-14(25)6-9-17(16)26-23(24)32/h4-9,11-12,18-20,27,29H,3,10H2,1-2H3,(H,26,32)/t12-,18+,19+,20-,24-/m0/s1. The van der Waals surface area contributed by atoms with Gasteiger partial charge in [-0.1, -0.05) is 30.7 Å². The van der Waals surface area contributed by atoms with Crippen molar-refractivity contribution in [1.82, 2.24) is 10.2 Å². The van der Waals surface area contributed by atoms with Crippen LogP contribution in [0.1, 0.15) is 31.4 Å². The smallest absolute Gasteiger partial charge is 0.250 e. The van der Waals surface area contributed by atoms with E-state index in [-0.39, 0.29) is 29.5 Å². The van der Waals surface area contributed by atoms with Crippen LogP contribution in [-0.4, -0.2) is 39.8 Å². The van der Waals surface area contributed by atoms with Gasteiger partial charge < -0.3 is 10.4 Å². The van der Waals surface area contributed by atoms with Crippen LogP contribution in [0.3, 0.4) is 0 Å². The Labute approximate surface area is 190 Å². The van der Waals surface area contributed by atoms with E-state index in [1.165, 1.54) is 4.90 Å². The third kappa shape index (κ3) is 2.81. The molecule has 5 atom stereocenters. The second-order valence-electron chi connectivity index (χ2n) is 8.88.